The van der Waals surface area contributed by atoms with Gasteiger partial charge in [-0.05, 0) is 0 Å². The van der Waals surface area contributed by atoms with Crippen molar-refractivity contribution in [2.45, 2.75) is 23.6 Å². The van der Waals surface area contributed by atoms with Gasteiger partial charge < -0.3 is 0 Å². The van der Waals surface area contributed by atoms with E-state index in [0.29, 0.717) is 0 Å². The van der Waals surface area contributed by atoms with Crippen molar-refractivity contribution in [3.63, 3.8) is 0 Å². The predicted octanol–water partition coefficient (Wildman–Crippen LogP) is 1.71. The van der Waals surface area contributed by atoms with E-state index in [1.807, 2.05) is 23.0 Å². The Morgan fingerprint density at radius 3 is 2.29 bits per heavy atom. The molecule has 0 heterocycles. The standard InChI is InChI=1S/C5H10F.Sb/c1-2-3-4-5-6;/h1-5H2;. The molecule has 0 atom stereocenters. The van der Waals surface area contributed by atoms with E-state index in [0.717, 1.165) is 12.8 Å². The summed E-state index contributed by atoms with van der Waals surface area (Å²) in [7, 11) is 0. The number of halogens is 1. The topological polar surface area (TPSA) is 0 Å². The molecule has 0 spiro atoms. The molecule has 0 N–H and O–H groups in total. The molecule has 2 heteroatoms. The third kappa shape index (κ3) is 6.75. The Balaban J connectivity index is 2.45. The molecule has 2 radical (unpaired) electrons. The van der Waals surface area contributed by atoms with Crippen LogP contribution in [0.3, 0.4) is 0 Å². The number of rotatable bonds is 4. The van der Waals surface area contributed by atoms with Gasteiger partial charge in [-0.3, -0.25) is 0 Å². The Bertz CT molecular complexity index is 27.3. The van der Waals surface area contributed by atoms with Gasteiger partial charge in [0.2, 0.25) is 0 Å². The van der Waals surface area contributed by atoms with Gasteiger partial charge in [-0.1, -0.05) is 0 Å². The molecule has 7 heavy (non-hydrogen) atoms. The Morgan fingerprint density at radius 1 is 1.14 bits per heavy atom. The summed E-state index contributed by atoms with van der Waals surface area (Å²) in [6.07, 6.45) is 3.05. The molecule has 0 rings (SSSR count). The Morgan fingerprint density at radius 2 is 1.86 bits per heavy atom. The summed E-state index contributed by atoms with van der Waals surface area (Å²) in [5.41, 5.74) is 0. The van der Waals surface area contributed by atoms with Crippen molar-refractivity contribution < 1.29 is 4.39 Å². The molecule has 0 saturated carbocycles. The van der Waals surface area contributed by atoms with Crippen LogP contribution in [0.4, 0.5) is 4.39 Å². The average molecular weight is 211 g/mol. The maximum absolute atomic E-state index is 11.3. The molecule has 0 aliphatic rings. The Labute approximate surface area is 58.0 Å². The predicted molar refractivity (Wildman–Crippen MR) is 30.4 cm³/mol. The molecule has 0 fully saturated rings. The van der Waals surface area contributed by atoms with Crippen molar-refractivity contribution in [2.75, 3.05) is 6.67 Å². The SMILES string of the molecule is FCCCC[CH2][Sb]. The summed E-state index contributed by atoms with van der Waals surface area (Å²) in [6.45, 7) is -0.133. The van der Waals surface area contributed by atoms with Crippen LogP contribution in [0.5, 0.6) is 0 Å². The minimum atomic E-state index is -0.133. The van der Waals surface area contributed by atoms with E-state index in [-0.39, 0.29) is 6.67 Å². The van der Waals surface area contributed by atoms with Crippen molar-refractivity contribution in [1.29, 1.82) is 0 Å². The summed E-state index contributed by atoms with van der Waals surface area (Å²) in [6, 6.07) is 0. The second-order valence-corrected chi connectivity index (χ2v) is 2.75. The van der Waals surface area contributed by atoms with E-state index >= 15 is 0 Å². The second kappa shape index (κ2) is 6.75. The van der Waals surface area contributed by atoms with Crippen molar-refractivity contribution in [1.82, 2.24) is 0 Å². The van der Waals surface area contributed by atoms with Gasteiger partial charge in [-0.15, -0.1) is 0 Å². The van der Waals surface area contributed by atoms with Crippen molar-refractivity contribution in [3.05, 3.63) is 0 Å². The van der Waals surface area contributed by atoms with Gasteiger partial charge in [0.15, 0.2) is 0 Å². The van der Waals surface area contributed by atoms with E-state index < -0.39 is 0 Å². The molecule has 0 aliphatic heterocycles. The summed E-state index contributed by atoms with van der Waals surface area (Å²) in [4.78, 5) is 0. The fourth-order valence-electron chi connectivity index (χ4n) is 0.383. The van der Waals surface area contributed by atoms with Gasteiger partial charge in [0.05, 0.1) is 0 Å². The van der Waals surface area contributed by atoms with E-state index in [1.54, 1.807) is 0 Å². The first-order valence-electron chi connectivity index (χ1n) is 2.58. The van der Waals surface area contributed by atoms with Crippen LogP contribution in [0, 0.1) is 0 Å². The van der Waals surface area contributed by atoms with E-state index in [1.165, 1.54) is 10.8 Å². The maximum atomic E-state index is 11.3. The zero-order valence-electron chi connectivity index (χ0n) is 4.36. The summed E-state index contributed by atoms with van der Waals surface area (Å²) < 4.78 is 12.6. The molecule has 0 aliphatic carbocycles. The molecule has 0 unspecified atom stereocenters. The number of alkyl halides is 1. The molecule has 0 nitrogen and oxygen atoms in total. The van der Waals surface area contributed by atoms with E-state index in [2.05, 4.69) is 0 Å². The molecule has 0 aromatic rings. The Kier molecular flexibility index (Phi) is 7.47. The van der Waals surface area contributed by atoms with Crippen LogP contribution in [-0.4, -0.2) is 29.7 Å². The van der Waals surface area contributed by atoms with Gasteiger partial charge >= 0.3 is 57.7 Å². The van der Waals surface area contributed by atoms with Gasteiger partial charge in [-0.25, -0.2) is 0 Å². The number of unbranched alkanes of at least 4 members (excludes halogenated alkanes) is 2. The first kappa shape index (κ1) is 7.75. The van der Waals surface area contributed by atoms with Crippen LogP contribution >= 0.6 is 0 Å². The molecule has 0 bridgehead atoms. The first-order chi connectivity index (χ1) is 3.41. The zero-order valence-corrected chi connectivity index (χ0v) is 6.91. The van der Waals surface area contributed by atoms with Crippen molar-refractivity contribution in [2.24, 2.45) is 0 Å². The molecule has 42 valence electrons. The fraction of sp³-hybridized carbons (Fsp3) is 1.00. The third-order valence-electron chi connectivity index (χ3n) is 0.792. The molecule has 0 amide bonds. The van der Waals surface area contributed by atoms with Crippen LogP contribution in [0.25, 0.3) is 0 Å². The molecule has 0 aromatic carbocycles. The second-order valence-electron chi connectivity index (χ2n) is 1.47. The van der Waals surface area contributed by atoms with Crippen LogP contribution < -0.4 is 0 Å². The van der Waals surface area contributed by atoms with E-state index in [4.69, 9.17) is 0 Å². The van der Waals surface area contributed by atoms with Gasteiger partial charge in [0.1, 0.15) is 0 Å². The Hall–Kier alpha value is 0.748. The average Bonchev–Trinajstić information content (AvgIpc) is 1.69. The first-order valence-corrected chi connectivity index (χ1v) is 4.39. The third-order valence-corrected chi connectivity index (χ3v) is 1.69. The molecule has 0 saturated heterocycles. The quantitative estimate of drug-likeness (QED) is 0.490. The van der Waals surface area contributed by atoms with Crippen LogP contribution in [-0.2, 0) is 0 Å². The van der Waals surface area contributed by atoms with Crippen molar-refractivity contribution >= 4 is 23.0 Å². The monoisotopic (exact) mass is 210 g/mol. The van der Waals surface area contributed by atoms with Crippen LogP contribution in [0.15, 0.2) is 0 Å². The molecular formula is C5H10FSb. The van der Waals surface area contributed by atoms with Crippen molar-refractivity contribution in [3.8, 4) is 0 Å². The fourth-order valence-corrected chi connectivity index (χ4v) is 1.02. The normalized spacial score (nSPS) is 9.43. The number of hydrogen-bond acceptors (Lipinski definition) is 0. The van der Waals surface area contributed by atoms with E-state index in [9.17, 15) is 4.39 Å². The molecular weight excluding hydrogens is 201 g/mol. The zero-order chi connectivity index (χ0) is 5.54. The van der Waals surface area contributed by atoms with Gasteiger partial charge in [-0.2, -0.15) is 0 Å². The minimum absolute atomic E-state index is 0.133. The summed E-state index contributed by atoms with van der Waals surface area (Å²) in [5.74, 6) is 0. The number of hydrogen-bond donors (Lipinski definition) is 0. The van der Waals surface area contributed by atoms with Gasteiger partial charge in [0.25, 0.3) is 0 Å². The summed E-state index contributed by atoms with van der Waals surface area (Å²) in [5, 5.41) is 0. The van der Waals surface area contributed by atoms with Crippen LogP contribution in [0.2, 0.25) is 4.37 Å². The van der Waals surface area contributed by atoms with Crippen LogP contribution in [0.1, 0.15) is 19.3 Å². The molecule has 0 aromatic heterocycles. The van der Waals surface area contributed by atoms with Gasteiger partial charge in [0, 0.05) is 0 Å². The summed E-state index contributed by atoms with van der Waals surface area (Å²) >= 11 is 1.82.